The van der Waals surface area contributed by atoms with Crippen molar-refractivity contribution in [2.45, 2.75) is 32.8 Å². The molecule has 0 spiro atoms. The quantitative estimate of drug-likeness (QED) is 0.489. The predicted octanol–water partition coefficient (Wildman–Crippen LogP) is 0.767. The molecular formula is C16H24N2O4. The minimum Gasteiger partial charge on any atom is -0.491 e. The van der Waals surface area contributed by atoms with Crippen LogP contribution in [0.25, 0.3) is 0 Å². The zero-order valence-electron chi connectivity index (χ0n) is 13.1. The highest BCUT2D eigenvalue weighted by atomic mass is 16.5. The summed E-state index contributed by atoms with van der Waals surface area (Å²) in [4.78, 5) is 22.9. The second kappa shape index (κ2) is 9.78. The molecule has 0 aliphatic rings. The summed E-state index contributed by atoms with van der Waals surface area (Å²) in [5, 5.41) is 14.6. The van der Waals surface area contributed by atoms with Crippen LogP contribution in [0.3, 0.4) is 0 Å². The van der Waals surface area contributed by atoms with Gasteiger partial charge in [-0.2, -0.15) is 0 Å². The van der Waals surface area contributed by atoms with Crippen molar-refractivity contribution < 1.29 is 19.4 Å². The van der Waals surface area contributed by atoms with Crippen LogP contribution >= 0.6 is 0 Å². The summed E-state index contributed by atoms with van der Waals surface area (Å²) in [5.41, 5.74) is 1.12. The highest BCUT2D eigenvalue weighted by Gasteiger charge is 2.14. The van der Waals surface area contributed by atoms with Gasteiger partial charge in [-0.05, 0) is 25.5 Å². The SMILES string of the molecule is CCCCNC(=O)C(=O)NC[C@@H](O)COc1ccc(C)cc1. The molecule has 1 atom stereocenters. The van der Waals surface area contributed by atoms with E-state index in [-0.39, 0.29) is 13.2 Å². The number of aliphatic hydroxyl groups is 1. The van der Waals surface area contributed by atoms with E-state index in [9.17, 15) is 14.7 Å². The fourth-order valence-electron chi connectivity index (χ4n) is 1.64. The van der Waals surface area contributed by atoms with Gasteiger partial charge in [-0.3, -0.25) is 9.59 Å². The van der Waals surface area contributed by atoms with Crippen LogP contribution in [0, 0.1) is 6.92 Å². The lowest BCUT2D eigenvalue weighted by atomic mass is 10.2. The van der Waals surface area contributed by atoms with Gasteiger partial charge in [-0.1, -0.05) is 31.0 Å². The van der Waals surface area contributed by atoms with Crippen LogP contribution in [0.1, 0.15) is 25.3 Å². The Hall–Kier alpha value is -2.08. The minimum atomic E-state index is -0.881. The van der Waals surface area contributed by atoms with Gasteiger partial charge in [0.2, 0.25) is 0 Å². The van der Waals surface area contributed by atoms with Crippen LogP contribution in [0.15, 0.2) is 24.3 Å². The molecule has 6 heteroatoms. The van der Waals surface area contributed by atoms with Gasteiger partial charge in [0, 0.05) is 13.1 Å². The van der Waals surface area contributed by atoms with Gasteiger partial charge in [0.1, 0.15) is 18.5 Å². The summed E-state index contributed by atoms with van der Waals surface area (Å²) in [7, 11) is 0. The highest BCUT2D eigenvalue weighted by Crippen LogP contribution is 2.11. The molecule has 1 aromatic rings. The number of aliphatic hydroxyl groups excluding tert-OH is 1. The van der Waals surface area contributed by atoms with Crippen LogP contribution in [0.4, 0.5) is 0 Å². The van der Waals surface area contributed by atoms with E-state index in [0.717, 1.165) is 18.4 Å². The number of rotatable bonds is 8. The Bertz CT molecular complexity index is 474. The number of hydrogen-bond acceptors (Lipinski definition) is 4. The number of unbranched alkanes of at least 4 members (excludes halogenated alkanes) is 1. The Balaban J connectivity index is 2.21. The molecule has 0 heterocycles. The number of aryl methyl sites for hydroxylation is 1. The maximum absolute atomic E-state index is 11.5. The molecule has 0 bridgehead atoms. The van der Waals surface area contributed by atoms with E-state index in [2.05, 4.69) is 10.6 Å². The van der Waals surface area contributed by atoms with Gasteiger partial charge < -0.3 is 20.5 Å². The van der Waals surface area contributed by atoms with Crippen molar-refractivity contribution in [2.75, 3.05) is 19.7 Å². The average molecular weight is 308 g/mol. The van der Waals surface area contributed by atoms with Gasteiger partial charge in [0.25, 0.3) is 0 Å². The summed E-state index contributed by atoms with van der Waals surface area (Å²) in [6.45, 7) is 4.45. The molecule has 1 aromatic carbocycles. The largest absolute Gasteiger partial charge is 0.491 e. The fourth-order valence-corrected chi connectivity index (χ4v) is 1.64. The third-order valence-electron chi connectivity index (χ3n) is 2.98. The number of nitrogens with one attached hydrogen (secondary N) is 2. The van der Waals surface area contributed by atoms with Gasteiger partial charge in [-0.25, -0.2) is 0 Å². The van der Waals surface area contributed by atoms with Crippen LogP contribution in [0.5, 0.6) is 5.75 Å². The van der Waals surface area contributed by atoms with Crippen molar-refractivity contribution in [3.63, 3.8) is 0 Å². The topological polar surface area (TPSA) is 87.7 Å². The molecule has 0 saturated heterocycles. The van der Waals surface area contributed by atoms with E-state index in [1.54, 1.807) is 0 Å². The lowest BCUT2D eigenvalue weighted by Crippen LogP contribution is -2.44. The van der Waals surface area contributed by atoms with E-state index < -0.39 is 17.9 Å². The third-order valence-corrected chi connectivity index (χ3v) is 2.98. The zero-order chi connectivity index (χ0) is 16.4. The van der Waals surface area contributed by atoms with Crippen molar-refractivity contribution in [3.8, 4) is 5.75 Å². The predicted molar refractivity (Wildman–Crippen MR) is 83.6 cm³/mol. The zero-order valence-corrected chi connectivity index (χ0v) is 13.1. The maximum atomic E-state index is 11.5. The third kappa shape index (κ3) is 7.08. The van der Waals surface area contributed by atoms with E-state index in [4.69, 9.17) is 4.74 Å². The Morgan fingerprint density at radius 3 is 2.45 bits per heavy atom. The average Bonchev–Trinajstić information content (AvgIpc) is 2.52. The van der Waals surface area contributed by atoms with E-state index in [1.165, 1.54) is 0 Å². The van der Waals surface area contributed by atoms with Gasteiger partial charge in [0.05, 0.1) is 0 Å². The van der Waals surface area contributed by atoms with E-state index >= 15 is 0 Å². The molecule has 3 N–H and O–H groups in total. The van der Waals surface area contributed by atoms with Gasteiger partial charge in [0.15, 0.2) is 0 Å². The first-order valence-corrected chi connectivity index (χ1v) is 7.46. The number of benzene rings is 1. The molecule has 0 aliphatic heterocycles. The number of ether oxygens (including phenoxy) is 1. The second-order valence-corrected chi connectivity index (χ2v) is 5.10. The van der Waals surface area contributed by atoms with Gasteiger partial charge >= 0.3 is 11.8 Å². The van der Waals surface area contributed by atoms with Crippen LogP contribution in [-0.4, -0.2) is 42.7 Å². The smallest absolute Gasteiger partial charge is 0.309 e. The molecule has 1 rings (SSSR count). The summed E-state index contributed by atoms with van der Waals surface area (Å²) < 4.78 is 5.39. The molecular weight excluding hydrogens is 284 g/mol. The monoisotopic (exact) mass is 308 g/mol. The van der Waals surface area contributed by atoms with E-state index in [0.29, 0.717) is 12.3 Å². The number of carbonyl (C=O) groups is 2. The maximum Gasteiger partial charge on any atom is 0.309 e. The van der Waals surface area contributed by atoms with Crippen molar-refractivity contribution >= 4 is 11.8 Å². The van der Waals surface area contributed by atoms with Crippen molar-refractivity contribution in [1.82, 2.24) is 10.6 Å². The molecule has 6 nitrogen and oxygen atoms in total. The van der Waals surface area contributed by atoms with Crippen LogP contribution in [-0.2, 0) is 9.59 Å². The van der Waals surface area contributed by atoms with Gasteiger partial charge in [-0.15, -0.1) is 0 Å². The second-order valence-electron chi connectivity index (χ2n) is 5.10. The summed E-state index contributed by atoms with van der Waals surface area (Å²) >= 11 is 0. The molecule has 0 saturated carbocycles. The molecule has 0 radical (unpaired) electrons. The molecule has 0 fully saturated rings. The van der Waals surface area contributed by atoms with E-state index in [1.807, 2.05) is 38.1 Å². The van der Waals surface area contributed by atoms with Crippen molar-refractivity contribution in [2.24, 2.45) is 0 Å². The standard InChI is InChI=1S/C16H24N2O4/c1-3-4-9-17-15(20)16(21)18-10-13(19)11-22-14-7-5-12(2)6-8-14/h5-8,13,19H,3-4,9-11H2,1-2H3,(H,17,20)(H,18,21)/t13-/m1/s1. The minimum absolute atomic E-state index is 0.0358. The summed E-state index contributed by atoms with van der Waals surface area (Å²) in [5.74, 6) is -0.779. The fraction of sp³-hybridized carbons (Fsp3) is 0.500. The normalized spacial score (nSPS) is 11.6. The molecule has 2 amide bonds. The highest BCUT2D eigenvalue weighted by molar-refractivity contribution is 6.35. The number of carbonyl (C=O) groups excluding carboxylic acids is 2. The lowest BCUT2D eigenvalue weighted by molar-refractivity contribution is -0.139. The van der Waals surface area contributed by atoms with Crippen LogP contribution < -0.4 is 15.4 Å². The Morgan fingerprint density at radius 2 is 1.82 bits per heavy atom. The number of amides is 2. The molecule has 0 aliphatic carbocycles. The Kier molecular flexibility index (Phi) is 7.99. The first-order valence-electron chi connectivity index (χ1n) is 7.46. The summed E-state index contributed by atoms with van der Waals surface area (Å²) in [6.07, 6.45) is 0.886. The Labute approximate surface area is 130 Å². The van der Waals surface area contributed by atoms with Crippen LogP contribution in [0.2, 0.25) is 0 Å². The molecule has 0 unspecified atom stereocenters. The van der Waals surface area contributed by atoms with Crippen molar-refractivity contribution in [3.05, 3.63) is 29.8 Å². The number of hydrogen-bond donors (Lipinski definition) is 3. The Morgan fingerprint density at radius 1 is 1.18 bits per heavy atom. The molecule has 22 heavy (non-hydrogen) atoms. The molecule has 0 aromatic heterocycles. The lowest BCUT2D eigenvalue weighted by Gasteiger charge is -2.13. The first-order chi connectivity index (χ1) is 10.5. The summed E-state index contributed by atoms with van der Waals surface area (Å²) in [6, 6.07) is 7.43. The molecule has 122 valence electrons. The first kappa shape index (κ1) is 18.0. The van der Waals surface area contributed by atoms with Crippen molar-refractivity contribution in [1.29, 1.82) is 0 Å².